The van der Waals surface area contributed by atoms with Crippen molar-refractivity contribution in [3.63, 3.8) is 0 Å². The standard InChI is InChI=1S/C17H28N2O2/c1-4-13(11-18)5-7-19-8-6-14-9-16(20-2)17(21-3)10-15(14)12-19/h9-10,13H,4-8,11-12,18H2,1-3H3. The molecule has 4 heteroatoms. The Bertz CT molecular complexity index is 458. The first-order chi connectivity index (χ1) is 10.2. The van der Waals surface area contributed by atoms with E-state index in [2.05, 4.69) is 24.0 Å². The minimum atomic E-state index is 0.650. The molecule has 1 aliphatic rings. The highest BCUT2D eigenvalue weighted by molar-refractivity contribution is 5.48. The van der Waals surface area contributed by atoms with Crippen molar-refractivity contribution >= 4 is 0 Å². The van der Waals surface area contributed by atoms with Gasteiger partial charge in [-0.2, -0.15) is 0 Å². The summed E-state index contributed by atoms with van der Waals surface area (Å²) in [6, 6.07) is 4.25. The van der Waals surface area contributed by atoms with E-state index in [4.69, 9.17) is 15.2 Å². The van der Waals surface area contributed by atoms with Gasteiger partial charge in [-0.25, -0.2) is 0 Å². The maximum Gasteiger partial charge on any atom is 0.161 e. The highest BCUT2D eigenvalue weighted by Crippen LogP contribution is 2.33. The van der Waals surface area contributed by atoms with E-state index in [9.17, 15) is 0 Å². The molecule has 1 heterocycles. The van der Waals surface area contributed by atoms with Crippen LogP contribution in [-0.4, -0.2) is 38.8 Å². The van der Waals surface area contributed by atoms with Crippen molar-refractivity contribution in [2.45, 2.75) is 32.7 Å². The van der Waals surface area contributed by atoms with Gasteiger partial charge in [0.25, 0.3) is 0 Å². The molecule has 0 fully saturated rings. The number of fused-ring (bicyclic) bond motifs is 1. The molecule has 118 valence electrons. The van der Waals surface area contributed by atoms with Gasteiger partial charge in [-0.3, -0.25) is 4.90 Å². The molecule has 0 bridgehead atoms. The molecule has 1 aromatic rings. The summed E-state index contributed by atoms with van der Waals surface area (Å²) >= 11 is 0. The Labute approximate surface area is 128 Å². The lowest BCUT2D eigenvalue weighted by Gasteiger charge is -2.30. The molecule has 2 rings (SSSR count). The van der Waals surface area contributed by atoms with Crippen LogP contribution in [0, 0.1) is 5.92 Å². The van der Waals surface area contributed by atoms with E-state index in [1.54, 1.807) is 14.2 Å². The molecule has 0 saturated heterocycles. The summed E-state index contributed by atoms with van der Waals surface area (Å²) in [6.45, 7) is 6.26. The van der Waals surface area contributed by atoms with Crippen LogP contribution in [-0.2, 0) is 13.0 Å². The van der Waals surface area contributed by atoms with E-state index in [-0.39, 0.29) is 0 Å². The predicted molar refractivity (Wildman–Crippen MR) is 86.0 cm³/mol. The van der Waals surface area contributed by atoms with Gasteiger partial charge in [0.1, 0.15) is 0 Å². The maximum absolute atomic E-state index is 5.80. The van der Waals surface area contributed by atoms with Crippen LogP contribution in [0.15, 0.2) is 12.1 Å². The van der Waals surface area contributed by atoms with E-state index in [1.165, 1.54) is 24.0 Å². The zero-order chi connectivity index (χ0) is 15.2. The van der Waals surface area contributed by atoms with E-state index < -0.39 is 0 Å². The molecule has 0 aromatic heterocycles. The van der Waals surface area contributed by atoms with Crippen molar-refractivity contribution < 1.29 is 9.47 Å². The van der Waals surface area contributed by atoms with Crippen molar-refractivity contribution in [2.24, 2.45) is 11.7 Å². The largest absolute Gasteiger partial charge is 0.493 e. The summed E-state index contributed by atoms with van der Waals surface area (Å²) in [5.74, 6) is 2.31. The first-order valence-electron chi connectivity index (χ1n) is 7.88. The van der Waals surface area contributed by atoms with Crippen molar-refractivity contribution in [3.8, 4) is 11.5 Å². The zero-order valence-electron chi connectivity index (χ0n) is 13.5. The number of nitrogens with zero attached hydrogens (tertiary/aromatic N) is 1. The minimum absolute atomic E-state index is 0.650. The van der Waals surface area contributed by atoms with Crippen molar-refractivity contribution in [1.82, 2.24) is 4.90 Å². The monoisotopic (exact) mass is 292 g/mol. The van der Waals surface area contributed by atoms with Crippen LogP contribution in [0.5, 0.6) is 11.5 Å². The van der Waals surface area contributed by atoms with E-state index >= 15 is 0 Å². The van der Waals surface area contributed by atoms with Gasteiger partial charge in [-0.05, 0) is 55.1 Å². The fourth-order valence-corrected chi connectivity index (χ4v) is 2.99. The molecule has 0 spiro atoms. The normalized spacial score (nSPS) is 16.4. The maximum atomic E-state index is 5.80. The van der Waals surface area contributed by atoms with Crippen LogP contribution >= 0.6 is 0 Å². The quantitative estimate of drug-likeness (QED) is 0.838. The third-order valence-corrected chi connectivity index (χ3v) is 4.56. The summed E-state index contributed by atoms with van der Waals surface area (Å²) in [5.41, 5.74) is 8.54. The molecule has 1 aliphatic heterocycles. The Kier molecular flexibility index (Phi) is 5.88. The Hall–Kier alpha value is -1.26. The highest BCUT2D eigenvalue weighted by Gasteiger charge is 2.19. The predicted octanol–water partition coefficient (Wildman–Crippen LogP) is 2.44. The van der Waals surface area contributed by atoms with Crippen LogP contribution in [0.3, 0.4) is 0 Å². The number of hydrogen-bond acceptors (Lipinski definition) is 4. The van der Waals surface area contributed by atoms with Gasteiger partial charge in [-0.1, -0.05) is 13.3 Å². The van der Waals surface area contributed by atoms with Crippen molar-refractivity contribution in [1.29, 1.82) is 0 Å². The molecule has 4 nitrogen and oxygen atoms in total. The number of nitrogens with two attached hydrogens (primary N) is 1. The van der Waals surface area contributed by atoms with Gasteiger partial charge in [0.15, 0.2) is 11.5 Å². The Balaban J connectivity index is 2.02. The molecule has 0 aliphatic carbocycles. The van der Waals surface area contributed by atoms with Crippen LogP contribution in [0.2, 0.25) is 0 Å². The molecular weight excluding hydrogens is 264 g/mol. The van der Waals surface area contributed by atoms with Gasteiger partial charge in [0, 0.05) is 13.1 Å². The second-order valence-corrected chi connectivity index (χ2v) is 5.80. The van der Waals surface area contributed by atoms with Gasteiger partial charge in [-0.15, -0.1) is 0 Å². The summed E-state index contributed by atoms with van der Waals surface area (Å²) in [7, 11) is 3.38. The van der Waals surface area contributed by atoms with Crippen molar-refractivity contribution in [2.75, 3.05) is 33.9 Å². The Morgan fingerprint density at radius 1 is 1.19 bits per heavy atom. The van der Waals surface area contributed by atoms with E-state index in [0.717, 1.165) is 44.1 Å². The molecule has 21 heavy (non-hydrogen) atoms. The zero-order valence-corrected chi connectivity index (χ0v) is 13.5. The number of hydrogen-bond donors (Lipinski definition) is 1. The Morgan fingerprint density at radius 3 is 2.43 bits per heavy atom. The van der Waals surface area contributed by atoms with Gasteiger partial charge in [0.05, 0.1) is 14.2 Å². The summed E-state index contributed by atoms with van der Waals surface area (Å²) in [5, 5.41) is 0. The van der Waals surface area contributed by atoms with Crippen LogP contribution in [0.4, 0.5) is 0 Å². The third kappa shape index (κ3) is 3.89. The number of benzene rings is 1. The fourth-order valence-electron chi connectivity index (χ4n) is 2.99. The van der Waals surface area contributed by atoms with Crippen LogP contribution in [0.1, 0.15) is 30.9 Å². The second kappa shape index (κ2) is 7.66. The average Bonchev–Trinajstić information content (AvgIpc) is 2.54. The molecule has 0 amide bonds. The third-order valence-electron chi connectivity index (χ3n) is 4.56. The lowest BCUT2D eigenvalue weighted by Crippen LogP contribution is -2.33. The average molecular weight is 292 g/mol. The van der Waals surface area contributed by atoms with Crippen LogP contribution in [0.25, 0.3) is 0 Å². The molecule has 0 saturated carbocycles. The van der Waals surface area contributed by atoms with Gasteiger partial charge >= 0.3 is 0 Å². The first kappa shape index (κ1) is 16.1. The molecule has 1 aromatic carbocycles. The summed E-state index contributed by atoms with van der Waals surface area (Å²) in [6.07, 6.45) is 3.44. The molecule has 0 radical (unpaired) electrons. The topological polar surface area (TPSA) is 47.7 Å². The SMILES string of the molecule is CCC(CN)CCN1CCc2cc(OC)c(OC)cc2C1. The number of ether oxygens (including phenoxy) is 2. The van der Waals surface area contributed by atoms with Crippen molar-refractivity contribution in [3.05, 3.63) is 23.3 Å². The van der Waals surface area contributed by atoms with E-state index in [1.807, 2.05) is 0 Å². The highest BCUT2D eigenvalue weighted by atomic mass is 16.5. The number of methoxy groups -OCH3 is 2. The second-order valence-electron chi connectivity index (χ2n) is 5.80. The molecule has 1 unspecified atom stereocenters. The number of rotatable bonds is 7. The smallest absolute Gasteiger partial charge is 0.161 e. The molecule has 1 atom stereocenters. The van der Waals surface area contributed by atoms with Gasteiger partial charge < -0.3 is 15.2 Å². The molecule has 2 N–H and O–H groups in total. The minimum Gasteiger partial charge on any atom is -0.493 e. The molecular formula is C17H28N2O2. The first-order valence-corrected chi connectivity index (χ1v) is 7.88. The van der Waals surface area contributed by atoms with Gasteiger partial charge in [0.2, 0.25) is 0 Å². The Morgan fingerprint density at radius 2 is 1.86 bits per heavy atom. The summed E-state index contributed by atoms with van der Waals surface area (Å²) < 4.78 is 10.8. The lowest BCUT2D eigenvalue weighted by atomic mass is 9.97. The fraction of sp³-hybridized carbons (Fsp3) is 0.647. The summed E-state index contributed by atoms with van der Waals surface area (Å²) in [4.78, 5) is 2.52. The lowest BCUT2D eigenvalue weighted by molar-refractivity contribution is 0.232. The van der Waals surface area contributed by atoms with Crippen LogP contribution < -0.4 is 15.2 Å². The van der Waals surface area contributed by atoms with E-state index in [0.29, 0.717) is 5.92 Å².